The Morgan fingerprint density at radius 2 is 2.00 bits per heavy atom. The van der Waals surface area contributed by atoms with Gasteiger partial charge in [0.1, 0.15) is 6.10 Å². The van der Waals surface area contributed by atoms with Crippen molar-refractivity contribution in [2.75, 3.05) is 0 Å². The van der Waals surface area contributed by atoms with E-state index in [1.54, 1.807) is 5.57 Å². The highest BCUT2D eigenvalue weighted by atomic mass is 16.5. The van der Waals surface area contributed by atoms with Gasteiger partial charge in [-0.25, -0.2) is 0 Å². The number of carbonyl (C=O) groups excluding carboxylic acids is 1. The molecule has 0 radical (unpaired) electrons. The van der Waals surface area contributed by atoms with Crippen molar-refractivity contribution < 1.29 is 9.53 Å². The predicted octanol–water partition coefficient (Wildman–Crippen LogP) is 5.66. The second kappa shape index (κ2) is 6.64. The minimum Gasteiger partial charge on any atom is -0.462 e. The standard InChI is InChI=1S/C24H35NO2/c1-15(14-25)20-7-8-21-19-6-5-17-13-18(27-16(2)26)9-11-23(17,3)22(19)10-12-24(20,21)4/h5,15,18-22H,6-13H2,1-4H3/t15-,18+,19+,20-,21+,22+,23+,24-/m1/s1. The first-order valence-corrected chi connectivity index (χ1v) is 11.1. The van der Waals surface area contributed by atoms with E-state index in [9.17, 15) is 10.1 Å². The third-order valence-electron chi connectivity index (χ3n) is 9.27. The van der Waals surface area contributed by atoms with Crippen LogP contribution in [0.3, 0.4) is 0 Å². The molecule has 0 amide bonds. The van der Waals surface area contributed by atoms with Crippen molar-refractivity contribution >= 4 is 5.97 Å². The average Bonchev–Trinajstić information content (AvgIpc) is 2.98. The van der Waals surface area contributed by atoms with Crippen LogP contribution in [0.5, 0.6) is 0 Å². The van der Waals surface area contributed by atoms with Gasteiger partial charge in [-0.2, -0.15) is 5.26 Å². The molecule has 0 heterocycles. The molecule has 27 heavy (non-hydrogen) atoms. The fourth-order valence-electron chi connectivity index (χ4n) is 7.91. The summed E-state index contributed by atoms with van der Waals surface area (Å²) < 4.78 is 5.55. The third kappa shape index (κ3) is 2.86. The maximum absolute atomic E-state index is 11.4. The Balaban J connectivity index is 1.58. The van der Waals surface area contributed by atoms with Crippen molar-refractivity contribution in [1.29, 1.82) is 5.26 Å². The first-order chi connectivity index (χ1) is 12.8. The van der Waals surface area contributed by atoms with Crippen molar-refractivity contribution in [1.82, 2.24) is 0 Å². The van der Waals surface area contributed by atoms with Crippen LogP contribution < -0.4 is 0 Å². The molecule has 4 aliphatic carbocycles. The van der Waals surface area contributed by atoms with E-state index >= 15 is 0 Å². The molecule has 0 N–H and O–H groups in total. The highest BCUT2D eigenvalue weighted by molar-refractivity contribution is 5.66. The van der Waals surface area contributed by atoms with Crippen molar-refractivity contribution in [3.63, 3.8) is 0 Å². The molecular formula is C24H35NO2. The first-order valence-electron chi connectivity index (χ1n) is 11.1. The zero-order valence-corrected chi connectivity index (χ0v) is 17.5. The lowest BCUT2D eigenvalue weighted by atomic mass is 9.47. The number of hydrogen-bond acceptors (Lipinski definition) is 3. The number of allylic oxidation sites excluding steroid dienone is 1. The maximum Gasteiger partial charge on any atom is 0.302 e. The summed E-state index contributed by atoms with van der Waals surface area (Å²) in [6.45, 7) is 8.66. The topological polar surface area (TPSA) is 50.1 Å². The number of carbonyl (C=O) groups is 1. The number of hydrogen-bond donors (Lipinski definition) is 0. The van der Waals surface area contributed by atoms with E-state index in [-0.39, 0.29) is 18.0 Å². The van der Waals surface area contributed by atoms with Gasteiger partial charge in [-0.15, -0.1) is 0 Å². The Morgan fingerprint density at radius 1 is 1.22 bits per heavy atom. The summed E-state index contributed by atoms with van der Waals surface area (Å²) in [6, 6.07) is 2.56. The van der Waals surface area contributed by atoms with Gasteiger partial charge in [0.25, 0.3) is 0 Å². The first kappa shape index (κ1) is 19.0. The van der Waals surface area contributed by atoms with E-state index in [0.717, 1.165) is 37.0 Å². The zero-order valence-electron chi connectivity index (χ0n) is 17.5. The molecule has 3 heteroatoms. The van der Waals surface area contributed by atoms with Crippen LogP contribution in [0, 0.1) is 51.8 Å². The molecule has 0 aromatic heterocycles. The number of esters is 1. The highest BCUT2D eigenvalue weighted by Gasteiger charge is 2.59. The highest BCUT2D eigenvalue weighted by Crippen LogP contribution is 2.67. The van der Waals surface area contributed by atoms with Gasteiger partial charge in [0.15, 0.2) is 0 Å². The minimum absolute atomic E-state index is 0.0829. The molecule has 4 rings (SSSR count). The predicted molar refractivity (Wildman–Crippen MR) is 106 cm³/mol. The molecule has 0 aromatic carbocycles. The lowest BCUT2D eigenvalue weighted by Gasteiger charge is -2.58. The van der Waals surface area contributed by atoms with E-state index in [1.165, 1.54) is 39.0 Å². The molecular weight excluding hydrogens is 334 g/mol. The Bertz CT molecular complexity index is 691. The van der Waals surface area contributed by atoms with Crippen LogP contribution in [0.15, 0.2) is 11.6 Å². The fraction of sp³-hybridized carbons (Fsp3) is 0.833. The molecule has 0 bridgehead atoms. The van der Waals surface area contributed by atoms with Gasteiger partial charge in [0.2, 0.25) is 0 Å². The van der Waals surface area contributed by atoms with Gasteiger partial charge in [-0.3, -0.25) is 4.79 Å². The molecule has 148 valence electrons. The molecule has 3 saturated carbocycles. The second-order valence-electron chi connectivity index (χ2n) is 10.4. The van der Waals surface area contributed by atoms with Gasteiger partial charge in [-0.05, 0) is 86.4 Å². The van der Waals surface area contributed by atoms with Crippen LogP contribution in [0.4, 0.5) is 0 Å². The largest absolute Gasteiger partial charge is 0.462 e. The summed E-state index contributed by atoms with van der Waals surface area (Å²) >= 11 is 0. The van der Waals surface area contributed by atoms with Crippen LogP contribution >= 0.6 is 0 Å². The summed E-state index contributed by atoms with van der Waals surface area (Å²) in [7, 11) is 0. The van der Waals surface area contributed by atoms with Crippen molar-refractivity contribution in [2.24, 2.45) is 40.4 Å². The van der Waals surface area contributed by atoms with E-state index in [1.807, 2.05) is 0 Å². The van der Waals surface area contributed by atoms with Crippen LogP contribution in [0.2, 0.25) is 0 Å². The van der Waals surface area contributed by atoms with Crippen LogP contribution in [-0.2, 0) is 9.53 Å². The monoisotopic (exact) mass is 369 g/mol. The zero-order chi connectivity index (χ0) is 19.4. The SMILES string of the molecule is CC(=O)O[C@H]1CC[C@@]2(C)C(=CC[C@H]3[C@@H]4CC[C@H]([C@H](C)C#N)[C@@]4(C)CC[C@@H]32)C1. The number of rotatable bonds is 2. The molecule has 3 fully saturated rings. The van der Waals surface area contributed by atoms with Crippen molar-refractivity contribution in [3.05, 3.63) is 11.6 Å². The molecule has 0 aromatic rings. The van der Waals surface area contributed by atoms with E-state index < -0.39 is 0 Å². The molecule has 0 aliphatic heterocycles. The maximum atomic E-state index is 11.4. The summed E-state index contributed by atoms with van der Waals surface area (Å²) in [5, 5.41) is 9.52. The van der Waals surface area contributed by atoms with E-state index in [2.05, 4.69) is 32.9 Å². The molecule has 8 atom stereocenters. The third-order valence-corrected chi connectivity index (χ3v) is 9.27. The van der Waals surface area contributed by atoms with Gasteiger partial charge in [0, 0.05) is 19.3 Å². The summed E-state index contributed by atoms with van der Waals surface area (Å²) in [4.78, 5) is 11.4. The Kier molecular flexibility index (Phi) is 4.68. The van der Waals surface area contributed by atoms with E-state index in [0.29, 0.717) is 16.7 Å². The smallest absolute Gasteiger partial charge is 0.302 e. The molecule has 0 saturated heterocycles. The Hall–Kier alpha value is -1.30. The lowest BCUT2D eigenvalue weighted by molar-refractivity contribution is -0.148. The van der Waals surface area contributed by atoms with Crippen LogP contribution in [0.25, 0.3) is 0 Å². The summed E-state index contributed by atoms with van der Waals surface area (Å²) in [5.74, 6) is 2.93. The average molecular weight is 370 g/mol. The second-order valence-corrected chi connectivity index (χ2v) is 10.4. The van der Waals surface area contributed by atoms with Crippen molar-refractivity contribution in [3.8, 4) is 6.07 Å². The van der Waals surface area contributed by atoms with Gasteiger partial charge in [-0.1, -0.05) is 25.5 Å². The van der Waals surface area contributed by atoms with Gasteiger partial charge < -0.3 is 4.74 Å². The quantitative estimate of drug-likeness (QED) is 0.466. The molecule has 0 spiro atoms. The molecule has 3 nitrogen and oxygen atoms in total. The van der Waals surface area contributed by atoms with Crippen LogP contribution in [0.1, 0.15) is 79.1 Å². The minimum atomic E-state index is -0.144. The lowest BCUT2D eigenvalue weighted by Crippen LogP contribution is -2.51. The number of nitrogens with zero attached hydrogens (tertiary/aromatic N) is 1. The number of nitriles is 1. The fourth-order valence-corrected chi connectivity index (χ4v) is 7.91. The number of fused-ring (bicyclic) bond motifs is 5. The van der Waals surface area contributed by atoms with Crippen LogP contribution in [-0.4, -0.2) is 12.1 Å². The molecule has 0 unspecified atom stereocenters. The summed E-state index contributed by atoms with van der Waals surface area (Å²) in [5.41, 5.74) is 2.21. The normalized spacial score (nSPS) is 46.9. The Morgan fingerprint density at radius 3 is 2.70 bits per heavy atom. The van der Waals surface area contributed by atoms with Crippen molar-refractivity contribution in [2.45, 2.75) is 85.2 Å². The Labute approximate surface area is 164 Å². The van der Waals surface area contributed by atoms with Gasteiger partial charge in [0.05, 0.1) is 6.07 Å². The summed E-state index contributed by atoms with van der Waals surface area (Å²) in [6.07, 6.45) is 12.0. The molecule has 4 aliphatic rings. The van der Waals surface area contributed by atoms with Gasteiger partial charge >= 0.3 is 5.97 Å². The van der Waals surface area contributed by atoms with E-state index in [4.69, 9.17) is 4.74 Å². The number of ether oxygens (including phenoxy) is 1.